The summed E-state index contributed by atoms with van der Waals surface area (Å²) in [6.07, 6.45) is 0.579. The van der Waals surface area contributed by atoms with Gasteiger partial charge in [-0.3, -0.25) is 0 Å². The van der Waals surface area contributed by atoms with E-state index in [1.54, 1.807) is 7.05 Å². The topological polar surface area (TPSA) is 58.6 Å². The molecule has 0 aliphatic heterocycles. The van der Waals surface area contributed by atoms with Crippen LogP contribution in [0.2, 0.25) is 0 Å². The first-order valence-electron chi connectivity index (χ1n) is 5.51. The number of esters is 1. The van der Waals surface area contributed by atoms with Gasteiger partial charge in [0.25, 0.3) is 0 Å². The van der Waals surface area contributed by atoms with Crippen molar-refractivity contribution in [2.45, 2.75) is 33.2 Å². The quantitative estimate of drug-likeness (QED) is 0.723. The first-order chi connectivity index (χ1) is 7.42. The molecule has 0 aliphatic carbocycles. The Bertz CT molecular complexity index is 241. The molecule has 1 N–H and O–H groups in total. The summed E-state index contributed by atoms with van der Waals surface area (Å²) >= 11 is 0. The highest BCUT2D eigenvalue weighted by atomic mass is 16.5. The fourth-order valence-electron chi connectivity index (χ4n) is 1.23. The molecule has 1 atom stereocenters. The molecule has 0 fully saturated rings. The molecule has 0 saturated carbocycles. The maximum Gasteiger partial charge on any atom is 0.328 e. The van der Waals surface area contributed by atoms with E-state index in [1.165, 1.54) is 12.0 Å². The Kier molecular flexibility index (Phi) is 6.53. The van der Waals surface area contributed by atoms with E-state index in [9.17, 15) is 9.59 Å². The Balaban J connectivity index is 4.42. The van der Waals surface area contributed by atoms with Gasteiger partial charge in [0.2, 0.25) is 0 Å². The van der Waals surface area contributed by atoms with Crippen LogP contribution in [0.25, 0.3) is 0 Å². The third-order valence-corrected chi connectivity index (χ3v) is 2.31. The molecule has 5 nitrogen and oxygen atoms in total. The summed E-state index contributed by atoms with van der Waals surface area (Å²) in [7, 11) is 3.00. The maximum atomic E-state index is 11.6. The van der Waals surface area contributed by atoms with E-state index in [-0.39, 0.29) is 6.03 Å². The van der Waals surface area contributed by atoms with E-state index < -0.39 is 12.0 Å². The van der Waals surface area contributed by atoms with Crippen LogP contribution in [0.4, 0.5) is 4.79 Å². The molecule has 0 saturated heterocycles. The van der Waals surface area contributed by atoms with E-state index in [1.807, 2.05) is 20.8 Å². The smallest absolute Gasteiger partial charge is 0.328 e. The number of nitrogens with zero attached hydrogens (tertiary/aromatic N) is 1. The van der Waals surface area contributed by atoms with Crippen molar-refractivity contribution in [2.24, 2.45) is 5.92 Å². The van der Waals surface area contributed by atoms with E-state index in [2.05, 4.69) is 10.1 Å². The van der Waals surface area contributed by atoms with Gasteiger partial charge in [-0.1, -0.05) is 13.8 Å². The Morgan fingerprint density at radius 1 is 1.38 bits per heavy atom. The summed E-state index contributed by atoms with van der Waals surface area (Å²) in [6.45, 7) is 6.45. The minimum atomic E-state index is -0.563. The summed E-state index contributed by atoms with van der Waals surface area (Å²) < 4.78 is 4.66. The second kappa shape index (κ2) is 7.09. The molecule has 94 valence electrons. The Morgan fingerprint density at radius 3 is 2.31 bits per heavy atom. The molecule has 16 heavy (non-hydrogen) atoms. The van der Waals surface area contributed by atoms with Crippen molar-refractivity contribution in [1.29, 1.82) is 0 Å². The van der Waals surface area contributed by atoms with Gasteiger partial charge in [-0.2, -0.15) is 0 Å². The summed E-state index contributed by atoms with van der Waals surface area (Å²) in [6, 6.07) is -0.815. The number of hydrogen-bond donors (Lipinski definition) is 1. The van der Waals surface area contributed by atoms with Crippen LogP contribution >= 0.6 is 0 Å². The minimum absolute atomic E-state index is 0.251. The van der Waals surface area contributed by atoms with Gasteiger partial charge in [0.15, 0.2) is 0 Å². The van der Waals surface area contributed by atoms with Crippen molar-refractivity contribution < 1.29 is 14.3 Å². The van der Waals surface area contributed by atoms with Gasteiger partial charge < -0.3 is 15.0 Å². The molecule has 0 rings (SSSR count). The first kappa shape index (κ1) is 14.7. The molecular formula is C11H22N2O3. The van der Waals surface area contributed by atoms with Crippen LogP contribution in [0.5, 0.6) is 0 Å². The van der Waals surface area contributed by atoms with Crippen molar-refractivity contribution in [3.05, 3.63) is 0 Å². The number of hydrogen-bond acceptors (Lipinski definition) is 3. The Labute approximate surface area is 97.1 Å². The lowest BCUT2D eigenvalue weighted by Crippen LogP contribution is -2.47. The van der Waals surface area contributed by atoms with Crippen LogP contribution in [-0.4, -0.2) is 43.6 Å². The van der Waals surface area contributed by atoms with Crippen molar-refractivity contribution in [3.63, 3.8) is 0 Å². The van der Waals surface area contributed by atoms with Gasteiger partial charge >= 0.3 is 12.0 Å². The van der Waals surface area contributed by atoms with Crippen LogP contribution < -0.4 is 5.32 Å². The second-order valence-electron chi connectivity index (χ2n) is 4.17. The Morgan fingerprint density at radius 2 is 1.94 bits per heavy atom. The van der Waals surface area contributed by atoms with Crippen molar-refractivity contribution in [1.82, 2.24) is 10.2 Å². The van der Waals surface area contributed by atoms with Crippen LogP contribution in [0.15, 0.2) is 0 Å². The highest BCUT2D eigenvalue weighted by Crippen LogP contribution is 2.06. The molecule has 0 aromatic heterocycles. The number of carbonyl (C=O) groups excluding carboxylic acids is 2. The highest BCUT2D eigenvalue weighted by Gasteiger charge is 2.23. The number of amides is 2. The second-order valence-corrected chi connectivity index (χ2v) is 4.17. The fourth-order valence-corrected chi connectivity index (χ4v) is 1.23. The van der Waals surface area contributed by atoms with Gasteiger partial charge in [-0.15, -0.1) is 0 Å². The van der Waals surface area contributed by atoms with Crippen molar-refractivity contribution >= 4 is 12.0 Å². The van der Waals surface area contributed by atoms with Gasteiger partial charge in [0.1, 0.15) is 6.04 Å². The number of methoxy groups -OCH3 is 1. The molecule has 5 heteroatoms. The molecule has 0 aromatic carbocycles. The lowest BCUT2D eigenvalue weighted by atomic mass is 10.0. The first-order valence-corrected chi connectivity index (χ1v) is 5.51. The number of nitrogens with one attached hydrogen (secondary N) is 1. The monoisotopic (exact) mass is 230 g/mol. The predicted octanol–water partition coefficient (Wildman–Crippen LogP) is 1.24. The molecule has 0 heterocycles. The molecular weight excluding hydrogens is 208 g/mol. The van der Waals surface area contributed by atoms with E-state index in [4.69, 9.17) is 0 Å². The summed E-state index contributed by atoms with van der Waals surface area (Å²) in [5.74, 6) is -0.0807. The van der Waals surface area contributed by atoms with E-state index in [0.29, 0.717) is 18.9 Å². The summed E-state index contributed by atoms with van der Waals surface area (Å²) in [4.78, 5) is 24.5. The normalized spacial score (nSPS) is 12.1. The highest BCUT2D eigenvalue weighted by molar-refractivity contribution is 5.83. The fraction of sp³-hybridized carbons (Fsp3) is 0.818. The van der Waals surface area contributed by atoms with Gasteiger partial charge in [0.05, 0.1) is 7.11 Å². The van der Waals surface area contributed by atoms with Crippen LogP contribution in [0.1, 0.15) is 27.2 Å². The average molecular weight is 230 g/mol. The lowest BCUT2D eigenvalue weighted by molar-refractivity contribution is -0.143. The SMILES string of the molecule is CCN(C)C(=O)NC(CC(C)C)C(=O)OC. The predicted molar refractivity (Wildman–Crippen MR) is 62.1 cm³/mol. The number of carbonyl (C=O) groups is 2. The number of ether oxygens (including phenoxy) is 1. The molecule has 0 spiro atoms. The largest absolute Gasteiger partial charge is 0.467 e. The van der Waals surface area contributed by atoms with Gasteiger partial charge in [-0.05, 0) is 19.3 Å². The van der Waals surface area contributed by atoms with Gasteiger partial charge in [-0.25, -0.2) is 9.59 Å². The van der Waals surface area contributed by atoms with Crippen molar-refractivity contribution in [3.8, 4) is 0 Å². The molecule has 2 amide bonds. The zero-order valence-electron chi connectivity index (χ0n) is 10.7. The minimum Gasteiger partial charge on any atom is -0.467 e. The third kappa shape index (κ3) is 5.00. The molecule has 1 unspecified atom stereocenters. The molecule has 0 bridgehead atoms. The molecule has 0 aliphatic rings. The standard InChI is InChI=1S/C11H22N2O3/c1-6-13(4)11(15)12-9(7-8(2)3)10(14)16-5/h8-9H,6-7H2,1-5H3,(H,12,15). The lowest BCUT2D eigenvalue weighted by Gasteiger charge is -2.22. The van der Waals surface area contributed by atoms with Crippen LogP contribution in [0.3, 0.4) is 0 Å². The van der Waals surface area contributed by atoms with Crippen LogP contribution in [0, 0.1) is 5.92 Å². The van der Waals surface area contributed by atoms with E-state index >= 15 is 0 Å². The van der Waals surface area contributed by atoms with Crippen molar-refractivity contribution in [2.75, 3.05) is 20.7 Å². The van der Waals surface area contributed by atoms with Gasteiger partial charge in [0, 0.05) is 13.6 Å². The molecule has 0 radical (unpaired) electrons. The van der Waals surface area contributed by atoms with E-state index in [0.717, 1.165) is 0 Å². The average Bonchev–Trinajstić information content (AvgIpc) is 2.25. The number of urea groups is 1. The zero-order chi connectivity index (χ0) is 12.7. The maximum absolute atomic E-state index is 11.6. The third-order valence-electron chi connectivity index (χ3n) is 2.31. The summed E-state index contributed by atoms with van der Waals surface area (Å²) in [5.41, 5.74) is 0. The zero-order valence-corrected chi connectivity index (χ0v) is 10.7. The number of rotatable bonds is 5. The molecule has 0 aromatic rings. The Hall–Kier alpha value is -1.26. The van der Waals surface area contributed by atoms with Crippen LogP contribution in [-0.2, 0) is 9.53 Å². The summed E-state index contributed by atoms with van der Waals surface area (Å²) in [5, 5.41) is 2.66.